The third-order valence-corrected chi connectivity index (χ3v) is 4.69. The molecule has 29 heavy (non-hydrogen) atoms. The summed E-state index contributed by atoms with van der Waals surface area (Å²) in [5, 5.41) is 2.49. The molecule has 0 aromatic heterocycles. The molecule has 0 atom stereocenters. The Morgan fingerprint density at radius 3 is 2.21 bits per heavy atom. The van der Waals surface area contributed by atoms with Gasteiger partial charge in [-0.1, -0.05) is 12.1 Å². The lowest BCUT2D eigenvalue weighted by Crippen LogP contribution is -2.41. The predicted octanol–water partition coefficient (Wildman–Crippen LogP) is 3.64. The first kappa shape index (κ1) is 20.7. The molecule has 0 saturated heterocycles. The normalized spacial score (nSPS) is 13.7. The van der Waals surface area contributed by atoms with E-state index in [1.54, 1.807) is 12.0 Å². The van der Waals surface area contributed by atoms with Crippen LogP contribution in [-0.2, 0) is 17.5 Å². The van der Waals surface area contributed by atoms with Gasteiger partial charge in [-0.05, 0) is 54.8 Å². The van der Waals surface area contributed by atoms with E-state index in [1.807, 2.05) is 24.3 Å². The summed E-state index contributed by atoms with van der Waals surface area (Å²) in [7, 11) is 1.58. The number of methoxy groups -OCH3 is 1. The molecular weight excluding hydrogens is 385 g/mol. The number of ether oxygens (including phenoxy) is 1. The summed E-state index contributed by atoms with van der Waals surface area (Å²) < 4.78 is 42.9. The second kappa shape index (κ2) is 8.55. The van der Waals surface area contributed by atoms with E-state index in [4.69, 9.17) is 4.74 Å². The number of halogens is 3. The highest BCUT2D eigenvalue weighted by molar-refractivity contribution is 5.96. The van der Waals surface area contributed by atoms with Crippen molar-refractivity contribution >= 4 is 11.8 Å². The van der Waals surface area contributed by atoms with Crippen LogP contribution in [0.3, 0.4) is 0 Å². The summed E-state index contributed by atoms with van der Waals surface area (Å²) in [4.78, 5) is 26.5. The molecule has 1 aliphatic rings. The number of carbonyl (C=O) groups excluding carboxylic acids is 2. The minimum absolute atomic E-state index is 0.0685. The van der Waals surface area contributed by atoms with Gasteiger partial charge in [-0.3, -0.25) is 9.59 Å². The van der Waals surface area contributed by atoms with E-state index in [9.17, 15) is 22.8 Å². The molecule has 1 N–H and O–H groups in total. The van der Waals surface area contributed by atoms with Gasteiger partial charge in [-0.2, -0.15) is 13.2 Å². The van der Waals surface area contributed by atoms with Crippen LogP contribution in [0.15, 0.2) is 48.5 Å². The van der Waals surface area contributed by atoms with Crippen molar-refractivity contribution in [3.8, 4) is 5.75 Å². The maximum Gasteiger partial charge on any atom is 0.416 e. The summed E-state index contributed by atoms with van der Waals surface area (Å²) in [6.45, 7) is 0.205. The highest BCUT2D eigenvalue weighted by Crippen LogP contribution is 2.30. The fourth-order valence-electron chi connectivity index (χ4n) is 2.90. The molecule has 1 saturated carbocycles. The van der Waals surface area contributed by atoms with E-state index >= 15 is 0 Å². The van der Waals surface area contributed by atoms with Gasteiger partial charge in [0.05, 0.1) is 19.2 Å². The van der Waals surface area contributed by atoms with Crippen molar-refractivity contribution in [2.75, 3.05) is 13.7 Å². The van der Waals surface area contributed by atoms with Crippen LogP contribution in [0, 0.1) is 0 Å². The zero-order valence-corrected chi connectivity index (χ0v) is 15.8. The molecular formula is C21H21F3N2O3. The van der Waals surface area contributed by atoms with E-state index in [0.717, 1.165) is 48.4 Å². The molecule has 1 fully saturated rings. The second-order valence-corrected chi connectivity index (χ2v) is 6.86. The molecule has 0 unspecified atom stereocenters. The number of nitrogens with zero attached hydrogens (tertiary/aromatic N) is 1. The van der Waals surface area contributed by atoms with Crippen molar-refractivity contribution in [2.45, 2.75) is 31.6 Å². The zero-order valence-electron chi connectivity index (χ0n) is 15.8. The number of hydrogen-bond acceptors (Lipinski definition) is 3. The molecule has 0 radical (unpaired) electrons. The van der Waals surface area contributed by atoms with Crippen molar-refractivity contribution in [1.29, 1.82) is 0 Å². The highest BCUT2D eigenvalue weighted by atomic mass is 19.4. The summed E-state index contributed by atoms with van der Waals surface area (Å²) >= 11 is 0. The number of nitrogens with one attached hydrogen (secondary N) is 1. The first-order valence-corrected chi connectivity index (χ1v) is 9.16. The standard InChI is InChI=1S/C21H21F3N2O3/c1-29-18-10-2-14(3-11-18)13-26(17-8-9-17)19(27)12-25-20(28)15-4-6-16(7-5-15)21(22,23)24/h2-7,10-11,17H,8-9,12-13H2,1H3,(H,25,28). The predicted molar refractivity (Wildman–Crippen MR) is 100 cm³/mol. The van der Waals surface area contributed by atoms with Gasteiger partial charge in [-0.25, -0.2) is 0 Å². The molecule has 0 bridgehead atoms. The third kappa shape index (κ3) is 5.49. The monoisotopic (exact) mass is 406 g/mol. The van der Waals surface area contributed by atoms with Crippen molar-refractivity contribution in [2.24, 2.45) is 0 Å². The quantitative estimate of drug-likeness (QED) is 0.764. The van der Waals surface area contributed by atoms with Crippen LogP contribution >= 0.6 is 0 Å². The Kier molecular flexibility index (Phi) is 6.10. The minimum Gasteiger partial charge on any atom is -0.497 e. The van der Waals surface area contributed by atoms with Gasteiger partial charge in [0, 0.05) is 18.2 Å². The first-order valence-electron chi connectivity index (χ1n) is 9.16. The van der Waals surface area contributed by atoms with Gasteiger partial charge in [0.1, 0.15) is 5.75 Å². The number of benzene rings is 2. The Morgan fingerprint density at radius 2 is 1.69 bits per heavy atom. The maximum atomic E-state index is 12.6. The van der Waals surface area contributed by atoms with Crippen molar-refractivity contribution in [1.82, 2.24) is 10.2 Å². The minimum atomic E-state index is -4.46. The Balaban J connectivity index is 1.57. The molecule has 2 aromatic rings. The molecule has 8 heteroatoms. The lowest BCUT2D eigenvalue weighted by Gasteiger charge is -2.23. The van der Waals surface area contributed by atoms with Crippen LogP contribution in [0.2, 0.25) is 0 Å². The van der Waals surface area contributed by atoms with Gasteiger partial charge in [-0.15, -0.1) is 0 Å². The molecule has 0 heterocycles. The topological polar surface area (TPSA) is 58.6 Å². The fourth-order valence-corrected chi connectivity index (χ4v) is 2.90. The molecule has 0 aliphatic heterocycles. The molecule has 5 nitrogen and oxygen atoms in total. The molecule has 0 spiro atoms. The van der Waals surface area contributed by atoms with E-state index in [1.165, 1.54) is 0 Å². The van der Waals surface area contributed by atoms with Gasteiger partial charge >= 0.3 is 6.18 Å². The van der Waals surface area contributed by atoms with Gasteiger partial charge in [0.2, 0.25) is 5.91 Å². The number of carbonyl (C=O) groups is 2. The Labute approximate surface area is 166 Å². The van der Waals surface area contributed by atoms with E-state index < -0.39 is 17.6 Å². The smallest absolute Gasteiger partial charge is 0.416 e. The molecule has 3 rings (SSSR count). The largest absolute Gasteiger partial charge is 0.497 e. The third-order valence-electron chi connectivity index (χ3n) is 4.69. The van der Waals surface area contributed by atoms with Crippen LogP contribution in [0.4, 0.5) is 13.2 Å². The van der Waals surface area contributed by atoms with Crippen LogP contribution in [-0.4, -0.2) is 36.4 Å². The number of hydrogen-bond donors (Lipinski definition) is 1. The van der Waals surface area contributed by atoms with Crippen LogP contribution in [0.5, 0.6) is 5.75 Å². The van der Waals surface area contributed by atoms with E-state index in [0.29, 0.717) is 6.54 Å². The van der Waals surface area contributed by atoms with Gasteiger partial charge in [0.25, 0.3) is 5.91 Å². The summed E-state index contributed by atoms with van der Waals surface area (Å²) in [6.07, 6.45) is -2.64. The summed E-state index contributed by atoms with van der Waals surface area (Å²) in [5.41, 5.74) is 0.184. The van der Waals surface area contributed by atoms with Crippen LogP contribution in [0.25, 0.3) is 0 Å². The van der Waals surface area contributed by atoms with E-state index in [-0.39, 0.29) is 24.1 Å². The van der Waals surface area contributed by atoms with Gasteiger partial charge in [0.15, 0.2) is 0 Å². The Hall–Kier alpha value is -3.03. The number of alkyl halides is 3. The number of amides is 2. The van der Waals surface area contributed by atoms with Crippen molar-refractivity contribution < 1.29 is 27.5 Å². The summed E-state index contributed by atoms with van der Waals surface area (Å²) in [5.74, 6) is -0.0993. The zero-order chi connectivity index (χ0) is 21.0. The van der Waals surface area contributed by atoms with Crippen molar-refractivity contribution in [3.63, 3.8) is 0 Å². The average molecular weight is 406 g/mol. The number of rotatable bonds is 7. The van der Waals surface area contributed by atoms with Crippen LogP contribution < -0.4 is 10.1 Å². The maximum absolute atomic E-state index is 12.6. The lowest BCUT2D eigenvalue weighted by molar-refractivity contribution is -0.137. The Bertz CT molecular complexity index is 860. The molecule has 154 valence electrons. The first-order chi connectivity index (χ1) is 13.8. The molecule has 1 aliphatic carbocycles. The average Bonchev–Trinajstić information content (AvgIpc) is 3.55. The summed E-state index contributed by atoms with van der Waals surface area (Å²) in [6, 6.07) is 11.4. The highest BCUT2D eigenvalue weighted by Gasteiger charge is 2.33. The SMILES string of the molecule is COc1ccc(CN(C(=O)CNC(=O)c2ccc(C(F)(F)F)cc2)C2CC2)cc1. The molecule has 2 amide bonds. The van der Waals surface area contributed by atoms with E-state index in [2.05, 4.69) is 5.32 Å². The van der Waals surface area contributed by atoms with Crippen LogP contribution in [0.1, 0.15) is 34.3 Å². The van der Waals surface area contributed by atoms with Gasteiger partial charge < -0.3 is 15.0 Å². The Morgan fingerprint density at radius 1 is 1.07 bits per heavy atom. The lowest BCUT2D eigenvalue weighted by atomic mass is 10.1. The second-order valence-electron chi connectivity index (χ2n) is 6.86. The molecule has 2 aromatic carbocycles. The van der Waals surface area contributed by atoms with Crippen molar-refractivity contribution in [3.05, 3.63) is 65.2 Å². The fraction of sp³-hybridized carbons (Fsp3) is 0.333.